The third-order valence-corrected chi connectivity index (χ3v) is 3.61. The summed E-state index contributed by atoms with van der Waals surface area (Å²) in [7, 11) is 0. The van der Waals surface area contributed by atoms with Gasteiger partial charge in [0, 0.05) is 12.3 Å². The first kappa shape index (κ1) is 7.43. The Morgan fingerprint density at radius 1 is 1.55 bits per heavy atom. The molecule has 11 heavy (non-hydrogen) atoms. The highest BCUT2D eigenvalue weighted by Crippen LogP contribution is 2.31. The highest BCUT2D eigenvalue weighted by molar-refractivity contribution is 8.00. The van der Waals surface area contributed by atoms with Crippen LogP contribution in [0.4, 0.5) is 0 Å². The minimum absolute atomic E-state index is 0.159. The number of piperidine rings is 1. The van der Waals surface area contributed by atoms with Crippen molar-refractivity contribution in [2.45, 2.75) is 24.3 Å². The van der Waals surface area contributed by atoms with Crippen LogP contribution in [0.2, 0.25) is 0 Å². The highest BCUT2D eigenvalue weighted by atomic mass is 32.2. The lowest BCUT2D eigenvalue weighted by atomic mass is 10.1. The first-order valence-corrected chi connectivity index (χ1v) is 5.01. The monoisotopic (exact) mass is 172 g/mol. The maximum atomic E-state index is 11.4. The van der Waals surface area contributed by atoms with Gasteiger partial charge in [-0.3, -0.25) is 4.79 Å². The van der Waals surface area contributed by atoms with Crippen LogP contribution in [-0.2, 0) is 4.79 Å². The Morgan fingerprint density at radius 3 is 3.18 bits per heavy atom. The summed E-state index contributed by atoms with van der Waals surface area (Å²) >= 11 is 1.88. The van der Waals surface area contributed by atoms with Gasteiger partial charge in [0.15, 0.2) is 0 Å². The topological polar surface area (TPSA) is 46.3 Å². The molecule has 0 saturated carbocycles. The van der Waals surface area contributed by atoms with Gasteiger partial charge in [0.25, 0.3) is 0 Å². The molecule has 2 saturated heterocycles. The average molecular weight is 172 g/mol. The minimum atomic E-state index is -0.218. The van der Waals surface area contributed by atoms with Gasteiger partial charge in [-0.2, -0.15) is 0 Å². The van der Waals surface area contributed by atoms with E-state index in [1.807, 2.05) is 16.7 Å². The van der Waals surface area contributed by atoms with E-state index in [4.69, 9.17) is 5.73 Å². The molecular formula is C7H12N2OS. The number of nitrogens with zero attached hydrogens (tertiary/aromatic N) is 1. The van der Waals surface area contributed by atoms with Crippen molar-refractivity contribution in [1.29, 1.82) is 0 Å². The Morgan fingerprint density at radius 2 is 2.36 bits per heavy atom. The summed E-state index contributed by atoms with van der Waals surface area (Å²) < 4.78 is 0. The van der Waals surface area contributed by atoms with Crippen LogP contribution in [0.25, 0.3) is 0 Å². The van der Waals surface area contributed by atoms with Crippen LogP contribution in [0.5, 0.6) is 0 Å². The fraction of sp³-hybridized carbons (Fsp3) is 0.857. The Hall–Kier alpha value is -0.220. The van der Waals surface area contributed by atoms with Gasteiger partial charge in [-0.25, -0.2) is 0 Å². The van der Waals surface area contributed by atoms with Crippen molar-refractivity contribution in [3.05, 3.63) is 0 Å². The molecule has 2 fully saturated rings. The predicted molar refractivity (Wildman–Crippen MR) is 45.2 cm³/mol. The van der Waals surface area contributed by atoms with Crippen molar-refractivity contribution in [1.82, 2.24) is 4.90 Å². The zero-order valence-electron chi connectivity index (χ0n) is 6.32. The lowest BCUT2D eigenvalue weighted by Gasteiger charge is -2.31. The van der Waals surface area contributed by atoms with Crippen LogP contribution >= 0.6 is 11.8 Å². The van der Waals surface area contributed by atoms with Crippen molar-refractivity contribution in [2.24, 2.45) is 5.73 Å². The zero-order chi connectivity index (χ0) is 7.84. The molecule has 2 rings (SSSR count). The van der Waals surface area contributed by atoms with Crippen LogP contribution in [0.1, 0.15) is 12.8 Å². The van der Waals surface area contributed by atoms with Crippen molar-refractivity contribution in [3.8, 4) is 0 Å². The second-order valence-electron chi connectivity index (χ2n) is 3.04. The van der Waals surface area contributed by atoms with Gasteiger partial charge in [-0.1, -0.05) is 0 Å². The number of thioether (sulfide) groups is 1. The summed E-state index contributed by atoms with van der Waals surface area (Å²) in [5.41, 5.74) is 5.63. The molecule has 0 spiro atoms. The standard InChI is InChI=1S/C7H12N2OS/c8-5-1-2-6-9(7(5)10)3-4-11-6/h5-6H,1-4,8H2. The molecule has 2 unspecified atom stereocenters. The summed E-state index contributed by atoms with van der Waals surface area (Å²) in [6, 6.07) is -0.218. The van der Waals surface area contributed by atoms with E-state index in [1.165, 1.54) is 0 Å². The summed E-state index contributed by atoms with van der Waals surface area (Å²) in [6.07, 6.45) is 1.95. The Kier molecular flexibility index (Phi) is 1.81. The Bertz CT molecular complexity index is 185. The summed E-state index contributed by atoms with van der Waals surface area (Å²) in [5.74, 6) is 1.25. The molecule has 2 heterocycles. The predicted octanol–water partition coefficient (Wildman–Crippen LogP) is 0.00900. The average Bonchev–Trinajstić information content (AvgIpc) is 2.45. The summed E-state index contributed by atoms with van der Waals surface area (Å²) in [4.78, 5) is 13.3. The third-order valence-electron chi connectivity index (χ3n) is 2.31. The van der Waals surface area contributed by atoms with Crippen LogP contribution in [0, 0.1) is 0 Å². The molecule has 0 aromatic heterocycles. The van der Waals surface area contributed by atoms with E-state index in [9.17, 15) is 4.79 Å². The van der Waals surface area contributed by atoms with Crippen LogP contribution in [-0.4, -0.2) is 34.5 Å². The van der Waals surface area contributed by atoms with E-state index in [-0.39, 0.29) is 11.9 Å². The van der Waals surface area contributed by atoms with Crippen molar-refractivity contribution in [2.75, 3.05) is 12.3 Å². The zero-order valence-corrected chi connectivity index (χ0v) is 7.14. The number of amides is 1. The maximum absolute atomic E-state index is 11.4. The number of hydrogen-bond donors (Lipinski definition) is 1. The van der Waals surface area contributed by atoms with Crippen molar-refractivity contribution >= 4 is 17.7 Å². The number of hydrogen-bond acceptors (Lipinski definition) is 3. The minimum Gasteiger partial charge on any atom is -0.329 e. The van der Waals surface area contributed by atoms with E-state index < -0.39 is 0 Å². The normalized spacial score (nSPS) is 37.5. The molecule has 3 nitrogen and oxygen atoms in total. The van der Waals surface area contributed by atoms with Crippen LogP contribution < -0.4 is 5.73 Å². The highest BCUT2D eigenvalue weighted by Gasteiger charge is 2.36. The molecule has 0 aromatic rings. The molecule has 2 N–H and O–H groups in total. The summed E-state index contributed by atoms with van der Waals surface area (Å²) in [6.45, 7) is 0.905. The van der Waals surface area contributed by atoms with Gasteiger partial charge in [0.1, 0.15) is 0 Å². The molecule has 2 aliphatic heterocycles. The molecular weight excluding hydrogens is 160 g/mol. The molecule has 0 aliphatic carbocycles. The van der Waals surface area contributed by atoms with Crippen molar-refractivity contribution in [3.63, 3.8) is 0 Å². The van der Waals surface area contributed by atoms with E-state index in [0.717, 1.165) is 25.1 Å². The first-order chi connectivity index (χ1) is 5.29. The lowest BCUT2D eigenvalue weighted by Crippen LogP contribution is -2.50. The van der Waals surface area contributed by atoms with E-state index in [1.54, 1.807) is 0 Å². The van der Waals surface area contributed by atoms with E-state index in [0.29, 0.717) is 5.37 Å². The number of rotatable bonds is 0. The third kappa shape index (κ3) is 1.14. The van der Waals surface area contributed by atoms with E-state index in [2.05, 4.69) is 0 Å². The fourth-order valence-corrected chi connectivity index (χ4v) is 2.94. The summed E-state index contributed by atoms with van der Waals surface area (Å²) in [5, 5.41) is 0.447. The molecule has 1 amide bonds. The SMILES string of the molecule is NC1CCC2SCCN2C1=O. The van der Waals surface area contributed by atoms with Gasteiger partial charge in [-0.05, 0) is 12.8 Å². The molecule has 0 radical (unpaired) electrons. The number of fused-ring (bicyclic) bond motifs is 1. The molecule has 2 aliphatic rings. The maximum Gasteiger partial charge on any atom is 0.240 e. The number of carbonyl (C=O) groups excluding carboxylic acids is 1. The number of carbonyl (C=O) groups is 1. The van der Waals surface area contributed by atoms with Gasteiger partial charge in [-0.15, -0.1) is 11.8 Å². The van der Waals surface area contributed by atoms with Gasteiger partial charge in [0.2, 0.25) is 5.91 Å². The lowest BCUT2D eigenvalue weighted by molar-refractivity contribution is -0.134. The van der Waals surface area contributed by atoms with Gasteiger partial charge >= 0.3 is 0 Å². The van der Waals surface area contributed by atoms with E-state index >= 15 is 0 Å². The molecule has 2 atom stereocenters. The quantitative estimate of drug-likeness (QED) is 0.560. The Labute approximate surface area is 70.3 Å². The molecule has 0 aromatic carbocycles. The van der Waals surface area contributed by atoms with Gasteiger partial charge in [0.05, 0.1) is 11.4 Å². The Balaban J connectivity index is 2.12. The van der Waals surface area contributed by atoms with Crippen LogP contribution in [0.15, 0.2) is 0 Å². The smallest absolute Gasteiger partial charge is 0.240 e. The largest absolute Gasteiger partial charge is 0.329 e. The van der Waals surface area contributed by atoms with Crippen LogP contribution in [0.3, 0.4) is 0 Å². The number of nitrogens with two attached hydrogens (primary N) is 1. The second-order valence-corrected chi connectivity index (χ2v) is 4.33. The molecule has 62 valence electrons. The van der Waals surface area contributed by atoms with Crippen molar-refractivity contribution < 1.29 is 4.79 Å². The first-order valence-electron chi connectivity index (χ1n) is 3.97. The molecule has 4 heteroatoms. The molecule has 0 bridgehead atoms. The second kappa shape index (κ2) is 2.68. The van der Waals surface area contributed by atoms with Gasteiger partial charge < -0.3 is 10.6 Å². The fourth-order valence-electron chi connectivity index (χ4n) is 1.67.